The highest BCUT2D eigenvalue weighted by Crippen LogP contribution is 2.31. The molecule has 2 aromatic heterocycles. The topological polar surface area (TPSA) is 84.8 Å². The van der Waals surface area contributed by atoms with Crippen molar-refractivity contribution in [1.82, 2.24) is 19.7 Å². The number of benzene rings is 1. The van der Waals surface area contributed by atoms with Gasteiger partial charge in [0.2, 0.25) is 5.91 Å². The van der Waals surface area contributed by atoms with Crippen LogP contribution >= 0.6 is 23.6 Å². The van der Waals surface area contributed by atoms with Crippen molar-refractivity contribution in [2.75, 3.05) is 5.32 Å². The van der Waals surface area contributed by atoms with Crippen molar-refractivity contribution in [3.8, 4) is 17.0 Å². The minimum absolute atomic E-state index is 0.0400. The number of alkyl halides is 2. The second-order valence-electron chi connectivity index (χ2n) is 6.16. The largest absolute Gasteiger partial charge is 0.435 e. The third kappa shape index (κ3) is 5.24. The summed E-state index contributed by atoms with van der Waals surface area (Å²) in [6.45, 7) is 1.06. The lowest BCUT2D eigenvalue weighted by Crippen LogP contribution is -2.20. The van der Waals surface area contributed by atoms with E-state index in [0.29, 0.717) is 22.0 Å². The number of nitrogens with one attached hydrogen (secondary N) is 2. The first-order valence-electron chi connectivity index (χ1n) is 8.84. The molecule has 0 aliphatic rings. The van der Waals surface area contributed by atoms with E-state index in [1.165, 1.54) is 23.5 Å². The molecule has 11 heteroatoms. The molecule has 0 aliphatic carbocycles. The number of carbonyl (C=O) groups is 1. The van der Waals surface area contributed by atoms with E-state index in [2.05, 4.69) is 25.2 Å². The van der Waals surface area contributed by atoms with E-state index >= 15 is 0 Å². The van der Waals surface area contributed by atoms with E-state index in [1.807, 2.05) is 13.8 Å². The summed E-state index contributed by atoms with van der Waals surface area (Å²) in [5.41, 5.74) is 1.41. The molecular formula is C18H19F2N5O2S2. The Kier molecular flexibility index (Phi) is 6.70. The summed E-state index contributed by atoms with van der Waals surface area (Å²) in [5, 5.41) is 10.1. The summed E-state index contributed by atoms with van der Waals surface area (Å²) in [6.07, 6.45) is 1.60. The first-order chi connectivity index (χ1) is 13.9. The SMILES string of the molecule is CCCc1n[nH]c(=S)n1CC(=O)Nc1nc(-c2ccc(OC(F)F)cc2)c(C)s1. The molecule has 7 nitrogen and oxygen atoms in total. The maximum atomic E-state index is 12.5. The number of amides is 1. The Morgan fingerprint density at radius 1 is 1.38 bits per heavy atom. The fourth-order valence-corrected chi connectivity index (χ4v) is 3.81. The van der Waals surface area contributed by atoms with E-state index in [1.54, 1.807) is 16.7 Å². The van der Waals surface area contributed by atoms with Gasteiger partial charge in [-0.25, -0.2) is 4.98 Å². The number of aromatic nitrogens is 4. The van der Waals surface area contributed by atoms with Gasteiger partial charge in [0.1, 0.15) is 18.1 Å². The van der Waals surface area contributed by atoms with Crippen molar-refractivity contribution in [2.24, 2.45) is 0 Å². The molecule has 0 fully saturated rings. The Morgan fingerprint density at radius 2 is 2.10 bits per heavy atom. The van der Waals surface area contributed by atoms with Crippen molar-refractivity contribution >= 4 is 34.6 Å². The third-order valence-corrected chi connectivity index (χ3v) is 5.21. The van der Waals surface area contributed by atoms with Crippen LogP contribution in [-0.4, -0.2) is 32.3 Å². The summed E-state index contributed by atoms with van der Waals surface area (Å²) in [5.74, 6) is 0.542. The van der Waals surface area contributed by atoms with Crippen molar-refractivity contribution in [3.63, 3.8) is 0 Å². The predicted molar refractivity (Wildman–Crippen MR) is 109 cm³/mol. The predicted octanol–water partition coefficient (Wildman–Crippen LogP) is 4.57. The number of rotatable bonds is 8. The molecule has 29 heavy (non-hydrogen) atoms. The number of ether oxygens (including phenoxy) is 1. The summed E-state index contributed by atoms with van der Waals surface area (Å²) < 4.78 is 31.0. The van der Waals surface area contributed by atoms with Gasteiger partial charge in [-0.15, -0.1) is 11.3 Å². The first-order valence-corrected chi connectivity index (χ1v) is 10.1. The fraction of sp³-hybridized carbons (Fsp3) is 0.333. The van der Waals surface area contributed by atoms with Crippen LogP contribution in [0.1, 0.15) is 24.0 Å². The smallest absolute Gasteiger partial charge is 0.387 e. The number of H-pyrrole nitrogens is 1. The first kappa shape index (κ1) is 21.1. The highest BCUT2D eigenvalue weighted by atomic mass is 32.1. The van der Waals surface area contributed by atoms with Crippen LogP contribution in [-0.2, 0) is 17.8 Å². The Hall–Kier alpha value is -2.66. The second kappa shape index (κ2) is 9.23. The lowest BCUT2D eigenvalue weighted by Gasteiger charge is -2.06. The van der Waals surface area contributed by atoms with Crippen LogP contribution in [0.5, 0.6) is 5.75 Å². The monoisotopic (exact) mass is 439 g/mol. The van der Waals surface area contributed by atoms with Gasteiger partial charge in [0.15, 0.2) is 9.90 Å². The van der Waals surface area contributed by atoms with Crippen LogP contribution < -0.4 is 10.1 Å². The Labute approximate surface area is 174 Å². The molecule has 0 aliphatic heterocycles. The molecule has 2 heterocycles. The number of carbonyl (C=O) groups excluding carboxylic acids is 1. The fourth-order valence-electron chi connectivity index (χ4n) is 2.74. The highest BCUT2D eigenvalue weighted by Gasteiger charge is 2.15. The molecule has 3 aromatic rings. The molecule has 2 N–H and O–H groups in total. The van der Waals surface area contributed by atoms with Gasteiger partial charge in [-0.3, -0.25) is 14.5 Å². The van der Waals surface area contributed by atoms with Crippen molar-refractivity contribution in [2.45, 2.75) is 39.8 Å². The number of hydrogen-bond acceptors (Lipinski definition) is 6. The van der Waals surface area contributed by atoms with Gasteiger partial charge >= 0.3 is 6.61 Å². The number of anilines is 1. The highest BCUT2D eigenvalue weighted by molar-refractivity contribution is 7.71. The van der Waals surface area contributed by atoms with Crippen molar-refractivity contribution in [3.05, 3.63) is 39.7 Å². The molecule has 3 rings (SSSR count). The number of aryl methyl sites for hydroxylation is 2. The molecule has 0 spiro atoms. The minimum atomic E-state index is -2.87. The second-order valence-corrected chi connectivity index (χ2v) is 7.75. The molecule has 154 valence electrons. The maximum Gasteiger partial charge on any atom is 0.387 e. The number of halogens is 2. The van der Waals surface area contributed by atoms with Crippen LogP contribution in [0.25, 0.3) is 11.3 Å². The van der Waals surface area contributed by atoms with Gasteiger partial charge in [-0.2, -0.15) is 13.9 Å². The van der Waals surface area contributed by atoms with Crippen LogP contribution in [0, 0.1) is 11.7 Å². The molecule has 0 radical (unpaired) electrons. The van der Waals surface area contributed by atoms with Gasteiger partial charge in [-0.05, 0) is 49.8 Å². The van der Waals surface area contributed by atoms with E-state index in [9.17, 15) is 13.6 Å². The van der Waals surface area contributed by atoms with Crippen molar-refractivity contribution < 1.29 is 18.3 Å². The number of aromatic amines is 1. The van der Waals surface area contributed by atoms with Gasteiger partial charge in [0, 0.05) is 16.9 Å². The molecule has 0 saturated carbocycles. The number of hydrogen-bond donors (Lipinski definition) is 2. The molecule has 0 atom stereocenters. The average molecular weight is 440 g/mol. The molecule has 1 amide bonds. The zero-order chi connectivity index (χ0) is 21.0. The third-order valence-electron chi connectivity index (χ3n) is 4.01. The molecule has 0 unspecified atom stereocenters. The number of thiazole rings is 1. The van der Waals surface area contributed by atoms with E-state index in [0.717, 1.165) is 22.7 Å². The van der Waals surface area contributed by atoms with E-state index < -0.39 is 6.61 Å². The normalized spacial score (nSPS) is 11.1. The molecule has 0 saturated heterocycles. The molecule has 1 aromatic carbocycles. The zero-order valence-corrected chi connectivity index (χ0v) is 17.4. The quantitative estimate of drug-likeness (QED) is 0.503. The standard InChI is InChI=1S/C18H19F2N5O2S2/c1-3-4-13-23-24-18(28)25(13)9-14(26)21-17-22-15(10(2)29-17)11-5-7-12(8-6-11)27-16(19)20/h5-8,16H,3-4,9H2,1-2H3,(H,24,28)(H,21,22,26). The van der Waals surface area contributed by atoms with Gasteiger partial charge in [0.05, 0.1) is 5.69 Å². The molecular weight excluding hydrogens is 420 g/mol. The van der Waals surface area contributed by atoms with Crippen LogP contribution in [0.15, 0.2) is 24.3 Å². The van der Waals surface area contributed by atoms with Gasteiger partial charge in [-0.1, -0.05) is 6.92 Å². The Bertz CT molecular complexity index is 1040. The summed E-state index contributed by atoms with van der Waals surface area (Å²) in [4.78, 5) is 17.8. The maximum absolute atomic E-state index is 12.5. The van der Waals surface area contributed by atoms with E-state index in [4.69, 9.17) is 12.2 Å². The minimum Gasteiger partial charge on any atom is -0.435 e. The lowest BCUT2D eigenvalue weighted by molar-refractivity contribution is -0.116. The van der Waals surface area contributed by atoms with Crippen LogP contribution in [0.3, 0.4) is 0 Å². The van der Waals surface area contributed by atoms with Crippen LogP contribution in [0.4, 0.5) is 13.9 Å². The summed E-state index contributed by atoms with van der Waals surface area (Å²) in [6, 6.07) is 6.20. The van der Waals surface area contributed by atoms with Gasteiger partial charge < -0.3 is 10.1 Å². The van der Waals surface area contributed by atoms with Crippen molar-refractivity contribution in [1.29, 1.82) is 0 Å². The summed E-state index contributed by atoms with van der Waals surface area (Å²) in [7, 11) is 0. The van der Waals surface area contributed by atoms with E-state index in [-0.39, 0.29) is 18.2 Å². The Morgan fingerprint density at radius 3 is 2.76 bits per heavy atom. The lowest BCUT2D eigenvalue weighted by atomic mass is 10.1. The zero-order valence-electron chi connectivity index (χ0n) is 15.7. The average Bonchev–Trinajstić information content (AvgIpc) is 3.19. The Balaban J connectivity index is 1.71. The molecule has 0 bridgehead atoms. The van der Waals surface area contributed by atoms with Crippen LogP contribution in [0.2, 0.25) is 0 Å². The summed E-state index contributed by atoms with van der Waals surface area (Å²) >= 11 is 6.52. The number of nitrogens with zero attached hydrogens (tertiary/aromatic N) is 3. The van der Waals surface area contributed by atoms with Gasteiger partial charge in [0.25, 0.3) is 0 Å².